The van der Waals surface area contributed by atoms with E-state index in [-0.39, 0.29) is 60.1 Å². The second kappa shape index (κ2) is 15.1. The Kier molecular flexibility index (Phi) is 9.80. The van der Waals surface area contributed by atoms with E-state index < -0.39 is 11.9 Å². The summed E-state index contributed by atoms with van der Waals surface area (Å²) in [6, 6.07) is 9.08. The highest BCUT2D eigenvalue weighted by atomic mass is 16.5. The van der Waals surface area contributed by atoms with Crippen LogP contribution in [-0.2, 0) is 22.6 Å². The van der Waals surface area contributed by atoms with Gasteiger partial charge in [0.1, 0.15) is 47.1 Å². The minimum atomic E-state index is -0.545. The first-order valence-corrected chi connectivity index (χ1v) is 18.7. The molecule has 6 aromatic rings. The third-order valence-corrected chi connectivity index (χ3v) is 10.1. The highest BCUT2D eigenvalue weighted by molar-refractivity contribution is 6.05. The Balaban J connectivity index is 1.10. The SMILES string of the molecule is CCn1nc(C)cc1C(=O)Nc1nc2cc(C(=O)OC)cc3c2n1[C@@H](CC#CC[C@H]1COc2cc(C(=O)OC)cc4nc(NC(=O)c5cc(C)nn5CC)n1c24)CO3. The predicted octanol–water partition coefficient (Wildman–Crippen LogP) is 4.86. The number of carbonyl (C=O) groups is 4. The Morgan fingerprint density at radius 2 is 1.10 bits per heavy atom. The summed E-state index contributed by atoms with van der Waals surface area (Å²) in [7, 11) is 2.60. The van der Waals surface area contributed by atoms with E-state index >= 15 is 0 Å². The molecule has 6 heterocycles. The van der Waals surface area contributed by atoms with Crippen molar-refractivity contribution in [3.05, 3.63) is 70.3 Å². The average molecular weight is 789 g/mol. The molecule has 18 nitrogen and oxygen atoms in total. The lowest BCUT2D eigenvalue weighted by molar-refractivity contribution is 0.0591. The van der Waals surface area contributed by atoms with E-state index in [1.807, 2.05) is 36.8 Å². The summed E-state index contributed by atoms with van der Waals surface area (Å²) in [5, 5.41) is 14.7. The van der Waals surface area contributed by atoms with Gasteiger partial charge in [0.15, 0.2) is 0 Å². The molecule has 0 aliphatic carbocycles. The first kappa shape index (κ1) is 37.7. The van der Waals surface area contributed by atoms with Gasteiger partial charge in [-0.1, -0.05) is 0 Å². The van der Waals surface area contributed by atoms with Crippen molar-refractivity contribution in [1.29, 1.82) is 0 Å². The minimum Gasteiger partial charge on any atom is -0.489 e. The summed E-state index contributed by atoms with van der Waals surface area (Å²) in [5.74, 6) is 6.10. The van der Waals surface area contributed by atoms with Gasteiger partial charge in [-0.2, -0.15) is 10.2 Å². The molecule has 0 bridgehead atoms. The van der Waals surface area contributed by atoms with Crippen molar-refractivity contribution in [2.45, 2.75) is 65.7 Å². The van der Waals surface area contributed by atoms with Gasteiger partial charge >= 0.3 is 11.9 Å². The number of amides is 2. The van der Waals surface area contributed by atoms with Crippen LogP contribution in [0, 0.1) is 25.7 Å². The first-order valence-electron chi connectivity index (χ1n) is 18.7. The van der Waals surface area contributed by atoms with Crippen LogP contribution in [0.3, 0.4) is 0 Å². The van der Waals surface area contributed by atoms with Crippen LogP contribution in [0.1, 0.15) is 91.9 Å². The number of carbonyl (C=O) groups excluding carboxylic acids is 4. The van der Waals surface area contributed by atoms with Crippen LogP contribution in [0.5, 0.6) is 11.5 Å². The average Bonchev–Trinajstić information content (AvgIpc) is 4.00. The van der Waals surface area contributed by atoms with Crippen molar-refractivity contribution in [3.8, 4) is 23.3 Å². The number of aryl methyl sites for hydroxylation is 4. The molecule has 0 saturated heterocycles. The normalized spacial score (nSPS) is 15.3. The number of ether oxygens (including phenoxy) is 4. The van der Waals surface area contributed by atoms with Gasteiger partial charge in [-0.15, -0.1) is 11.8 Å². The second-order valence-electron chi connectivity index (χ2n) is 13.9. The molecule has 2 aliphatic heterocycles. The molecule has 298 valence electrons. The van der Waals surface area contributed by atoms with Crippen molar-refractivity contribution in [1.82, 2.24) is 38.7 Å². The molecule has 0 spiro atoms. The van der Waals surface area contributed by atoms with Gasteiger partial charge < -0.3 is 18.9 Å². The molecule has 2 aromatic carbocycles. The maximum atomic E-state index is 13.6. The zero-order valence-corrected chi connectivity index (χ0v) is 32.7. The molecule has 0 radical (unpaired) electrons. The molecule has 0 fully saturated rings. The molecular formula is C40H40N10O8. The molecule has 4 aromatic heterocycles. The lowest BCUT2D eigenvalue weighted by Gasteiger charge is -2.27. The molecule has 2 N–H and O–H groups in total. The highest BCUT2D eigenvalue weighted by Crippen LogP contribution is 2.40. The van der Waals surface area contributed by atoms with Gasteiger partial charge in [0.2, 0.25) is 11.9 Å². The van der Waals surface area contributed by atoms with E-state index in [1.54, 1.807) is 45.8 Å². The van der Waals surface area contributed by atoms with Gasteiger partial charge in [-0.05, 0) is 64.1 Å². The van der Waals surface area contributed by atoms with Crippen molar-refractivity contribution < 1.29 is 38.1 Å². The summed E-state index contributed by atoms with van der Waals surface area (Å²) < 4.78 is 29.2. The number of nitrogens with zero attached hydrogens (tertiary/aromatic N) is 8. The van der Waals surface area contributed by atoms with Gasteiger partial charge in [0, 0.05) is 25.9 Å². The molecule has 58 heavy (non-hydrogen) atoms. The van der Waals surface area contributed by atoms with Gasteiger partial charge in [0.25, 0.3) is 11.8 Å². The third-order valence-electron chi connectivity index (χ3n) is 10.1. The van der Waals surface area contributed by atoms with Crippen molar-refractivity contribution in [2.24, 2.45) is 0 Å². The number of imidazole rings is 2. The van der Waals surface area contributed by atoms with Crippen LogP contribution in [0.2, 0.25) is 0 Å². The molecule has 0 saturated carbocycles. The molecule has 8 rings (SSSR count). The number of methoxy groups -OCH3 is 2. The molecule has 2 atom stereocenters. The van der Waals surface area contributed by atoms with Crippen LogP contribution in [0.15, 0.2) is 36.4 Å². The summed E-state index contributed by atoms with van der Waals surface area (Å²) in [6.07, 6.45) is 0.628. The maximum absolute atomic E-state index is 13.6. The van der Waals surface area contributed by atoms with Crippen LogP contribution in [0.25, 0.3) is 22.1 Å². The molecule has 2 amide bonds. The fourth-order valence-electron chi connectivity index (χ4n) is 7.44. The zero-order chi connectivity index (χ0) is 40.8. The highest BCUT2D eigenvalue weighted by Gasteiger charge is 2.32. The molecule has 18 heteroatoms. The third kappa shape index (κ3) is 6.63. The van der Waals surface area contributed by atoms with Crippen LogP contribution in [0.4, 0.5) is 11.9 Å². The van der Waals surface area contributed by atoms with E-state index in [0.29, 0.717) is 82.3 Å². The van der Waals surface area contributed by atoms with Gasteiger partial charge in [0.05, 0.1) is 59.9 Å². The van der Waals surface area contributed by atoms with Crippen molar-refractivity contribution >= 4 is 57.7 Å². The summed E-state index contributed by atoms with van der Waals surface area (Å²) in [6.45, 7) is 8.81. The number of hydrogen-bond acceptors (Lipinski definition) is 12. The van der Waals surface area contributed by atoms with Crippen LogP contribution >= 0.6 is 0 Å². The van der Waals surface area contributed by atoms with Crippen molar-refractivity contribution in [2.75, 3.05) is 38.1 Å². The monoisotopic (exact) mass is 788 g/mol. The smallest absolute Gasteiger partial charge is 0.338 e. The van der Waals surface area contributed by atoms with Gasteiger partial charge in [-0.25, -0.2) is 19.6 Å². The number of anilines is 2. The Morgan fingerprint density at radius 1 is 0.690 bits per heavy atom. The molecule has 2 aliphatic rings. The fourth-order valence-corrected chi connectivity index (χ4v) is 7.44. The Morgan fingerprint density at radius 3 is 1.48 bits per heavy atom. The number of rotatable bonds is 10. The first-order chi connectivity index (χ1) is 28.0. The van der Waals surface area contributed by atoms with E-state index in [0.717, 1.165) is 0 Å². The number of esters is 2. The topological polar surface area (TPSA) is 201 Å². The lowest BCUT2D eigenvalue weighted by atomic mass is 10.1. The Labute approximate surface area is 331 Å². The predicted molar refractivity (Wildman–Crippen MR) is 209 cm³/mol. The quantitative estimate of drug-likeness (QED) is 0.141. The summed E-state index contributed by atoms with van der Waals surface area (Å²) in [4.78, 5) is 61.7. The molecule has 0 unspecified atom stereocenters. The minimum absolute atomic E-state index is 0.182. The number of nitrogens with one attached hydrogen (secondary N) is 2. The van der Waals surface area contributed by atoms with Crippen LogP contribution < -0.4 is 20.1 Å². The molecular weight excluding hydrogens is 749 g/mol. The number of benzene rings is 2. The maximum Gasteiger partial charge on any atom is 0.338 e. The Hall–Kier alpha value is -7.16. The van der Waals surface area contributed by atoms with E-state index in [2.05, 4.69) is 32.7 Å². The van der Waals surface area contributed by atoms with E-state index in [1.165, 1.54) is 14.2 Å². The number of hydrogen-bond donors (Lipinski definition) is 2. The Bertz CT molecular complexity index is 2540. The van der Waals surface area contributed by atoms with E-state index in [9.17, 15) is 19.2 Å². The number of aromatic nitrogens is 8. The van der Waals surface area contributed by atoms with Gasteiger partial charge in [-0.3, -0.25) is 38.7 Å². The van der Waals surface area contributed by atoms with Crippen LogP contribution in [-0.4, -0.2) is 89.8 Å². The van der Waals surface area contributed by atoms with Crippen molar-refractivity contribution in [3.63, 3.8) is 0 Å². The van der Waals surface area contributed by atoms with E-state index in [4.69, 9.17) is 28.9 Å². The zero-order valence-electron chi connectivity index (χ0n) is 32.7. The fraction of sp³-hybridized carbons (Fsp3) is 0.350. The lowest BCUT2D eigenvalue weighted by Crippen LogP contribution is -2.26. The largest absolute Gasteiger partial charge is 0.489 e. The summed E-state index contributed by atoms with van der Waals surface area (Å²) in [5.41, 5.74) is 4.78. The standard InChI is InChI=1S/C40H40N10O8/c1-7-47-29(13-21(3)45-47)35(51)43-39-41-27-15-23(37(53)55-5)17-31-33(27)49(39)25(19-57-31)11-9-10-12-26-20-58-32-18-24(38(54)56-6)16-28-34(32)50(26)40(42-28)44-36(52)30-14-22(4)46-48(30)8-2/h13-18,25-26H,7-8,11-12,19-20H2,1-6H3,(H,41,43,51)(H,42,44,52)/t25-,26-/m0/s1. The second-order valence-corrected chi connectivity index (χ2v) is 13.9. The summed E-state index contributed by atoms with van der Waals surface area (Å²) >= 11 is 0.